The molecule has 2 heteroatoms. The second-order valence-corrected chi connectivity index (χ2v) is 6.76. The summed E-state index contributed by atoms with van der Waals surface area (Å²) in [7, 11) is 4.22. The number of nitrogens with zero attached hydrogens (tertiary/aromatic N) is 1. The van der Waals surface area contributed by atoms with Crippen molar-refractivity contribution < 1.29 is 5.11 Å². The molecule has 0 unspecified atom stereocenters. The molecule has 1 N–H and O–H groups in total. The van der Waals surface area contributed by atoms with Crippen LogP contribution in [0.2, 0.25) is 0 Å². The Morgan fingerprint density at radius 2 is 1.53 bits per heavy atom. The van der Waals surface area contributed by atoms with Gasteiger partial charge >= 0.3 is 0 Å². The lowest BCUT2D eigenvalue weighted by molar-refractivity contribution is 0.142. The summed E-state index contributed by atoms with van der Waals surface area (Å²) in [6.07, 6.45) is 7.92. The van der Waals surface area contributed by atoms with Gasteiger partial charge in [-0.05, 0) is 51.7 Å². The Balaban J connectivity index is 3.32. The fourth-order valence-electron chi connectivity index (χ4n) is 2.00. The Morgan fingerprint density at radius 3 is 2.06 bits per heavy atom. The minimum atomic E-state index is -0.0725. The van der Waals surface area contributed by atoms with Crippen molar-refractivity contribution in [3.8, 4) is 0 Å². The Hall–Kier alpha value is -0.0800. The molecule has 0 aliphatic carbocycles. The van der Waals surface area contributed by atoms with Crippen LogP contribution in [-0.4, -0.2) is 36.8 Å². The van der Waals surface area contributed by atoms with Crippen molar-refractivity contribution >= 4 is 0 Å². The first-order chi connectivity index (χ1) is 7.81. The van der Waals surface area contributed by atoms with Crippen LogP contribution < -0.4 is 0 Å². The molecule has 0 saturated heterocycles. The largest absolute Gasteiger partial charge is 0.393 e. The van der Waals surface area contributed by atoms with E-state index in [1.807, 2.05) is 0 Å². The van der Waals surface area contributed by atoms with E-state index in [2.05, 4.69) is 39.8 Å². The second kappa shape index (κ2) is 8.93. The highest BCUT2D eigenvalue weighted by Gasteiger charge is 2.11. The van der Waals surface area contributed by atoms with Gasteiger partial charge in [0.15, 0.2) is 0 Å². The van der Waals surface area contributed by atoms with Crippen molar-refractivity contribution in [1.82, 2.24) is 4.90 Å². The molecule has 104 valence electrons. The lowest BCUT2D eigenvalue weighted by Crippen LogP contribution is -2.13. The summed E-state index contributed by atoms with van der Waals surface area (Å²) < 4.78 is 0. The third kappa shape index (κ3) is 13.9. The molecule has 1 atom stereocenters. The summed E-state index contributed by atoms with van der Waals surface area (Å²) >= 11 is 0. The number of rotatable bonds is 9. The van der Waals surface area contributed by atoms with Gasteiger partial charge in [-0.3, -0.25) is 0 Å². The molecule has 0 aliphatic rings. The molecular weight excluding hydrogens is 210 g/mol. The minimum absolute atomic E-state index is 0.0725. The summed E-state index contributed by atoms with van der Waals surface area (Å²) in [5, 5.41) is 9.84. The van der Waals surface area contributed by atoms with Crippen LogP contribution in [0, 0.1) is 5.41 Å². The molecule has 0 aromatic carbocycles. The number of unbranched alkanes of at least 4 members (excludes halogenated alkanes) is 2. The van der Waals surface area contributed by atoms with Crippen LogP contribution in [0.4, 0.5) is 0 Å². The van der Waals surface area contributed by atoms with Crippen LogP contribution in [0.25, 0.3) is 0 Å². The number of hydrogen-bond donors (Lipinski definition) is 1. The third-order valence-corrected chi connectivity index (χ3v) is 3.11. The molecule has 0 saturated carbocycles. The van der Waals surface area contributed by atoms with Crippen LogP contribution in [0.3, 0.4) is 0 Å². The molecule has 0 heterocycles. The van der Waals surface area contributed by atoms with Gasteiger partial charge in [0.2, 0.25) is 0 Å². The number of aliphatic hydroxyl groups is 1. The average molecular weight is 243 g/mol. The van der Waals surface area contributed by atoms with E-state index in [-0.39, 0.29) is 6.10 Å². The van der Waals surface area contributed by atoms with Crippen LogP contribution >= 0.6 is 0 Å². The maximum atomic E-state index is 9.84. The van der Waals surface area contributed by atoms with Gasteiger partial charge in [-0.2, -0.15) is 0 Å². The first kappa shape index (κ1) is 16.9. The van der Waals surface area contributed by atoms with Crippen LogP contribution in [0.5, 0.6) is 0 Å². The summed E-state index contributed by atoms with van der Waals surface area (Å²) in [5.74, 6) is 0. The van der Waals surface area contributed by atoms with Gasteiger partial charge < -0.3 is 10.0 Å². The molecule has 0 aromatic rings. The lowest BCUT2D eigenvalue weighted by atomic mass is 9.89. The van der Waals surface area contributed by atoms with E-state index in [0.29, 0.717) is 5.41 Å². The van der Waals surface area contributed by atoms with E-state index in [1.54, 1.807) is 0 Å². The Bertz CT molecular complexity index is 172. The van der Waals surface area contributed by atoms with Crippen molar-refractivity contribution in [1.29, 1.82) is 0 Å². The predicted octanol–water partition coefficient (Wildman–Crippen LogP) is 3.69. The highest BCUT2D eigenvalue weighted by Crippen LogP contribution is 2.22. The molecule has 0 radical (unpaired) electrons. The van der Waals surface area contributed by atoms with E-state index in [1.165, 1.54) is 32.2 Å². The summed E-state index contributed by atoms with van der Waals surface area (Å²) in [6, 6.07) is 0. The fourth-order valence-corrected chi connectivity index (χ4v) is 2.00. The first-order valence-electron chi connectivity index (χ1n) is 7.14. The molecule has 2 nitrogen and oxygen atoms in total. The zero-order chi connectivity index (χ0) is 13.3. The standard InChI is InChI=1S/C15H33NO/c1-15(2,3)12-9-11-14(17)10-7-6-8-13-16(4)5/h14,17H,6-13H2,1-5H3/t14-/m0/s1. The predicted molar refractivity (Wildman–Crippen MR) is 76.3 cm³/mol. The van der Waals surface area contributed by atoms with E-state index >= 15 is 0 Å². The van der Waals surface area contributed by atoms with E-state index < -0.39 is 0 Å². The van der Waals surface area contributed by atoms with Crippen LogP contribution in [-0.2, 0) is 0 Å². The SMILES string of the molecule is CN(C)CCCCC[C@H](O)CCCC(C)(C)C. The Morgan fingerprint density at radius 1 is 0.941 bits per heavy atom. The number of hydrogen-bond acceptors (Lipinski definition) is 2. The number of aliphatic hydroxyl groups excluding tert-OH is 1. The van der Waals surface area contributed by atoms with E-state index in [9.17, 15) is 5.11 Å². The third-order valence-electron chi connectivity index (χ3n) is 3.11. The van der Waals surface area contributed by atoms with E-state index in [0.717, 1.165) is 19.3 Å². The first-order valence-corrected chi connectivity index (χ1v) is 7.14. The Labute approximate surface area is 108 Å². The van der Waals surface area contributed by atoms with Gasteiger partial charge in [0.1, 0.15) is 0 Å². The van der Waals surface area contributed by atoms with Gasteiger partial charge in [0.05, 0.1) is 6.10 Å². The summed E-state index contributed by atoms with van der Waals surface area (Å²) in [6.45, 7) is 7.96. The highest BCUT2D eigenvalue weighted by molar-refractivity contribution is 4.64. The highest BCUT2D eigenvalue weighted by atomic mass is 16.3. The van der Waals surface area contributed by atoms with Crippen molar-refractivity contribution in [2.75, 3.05) is 20.6 Å². The van der Waals surface area contributed by atoms with Crippen molar-refractivity contribution in [2.45, 2.75) is 71.8 Å². The maximum Gasteiger partial charge on any atom is 0.0540 e. The summed E-state index contributed by atoms with van der Waals surface area (Å²) in [4.78, 5) is 2.22. The van der Waals surface area contributed by atoms with E-state index in [4.69, 9.17) is 0 Å². The van der Waals surface area contributed by atoms with Crippen molar-refractivity contribution in [2.24, 2.45) is 5.41 Å². The topological polar surface area (TPSA) is 23.5 Å². The second-order valence-electron chi connectivity index (χ2n) is 6.76. The summed E-state index contributed by atoms with van der Waals surface area (Å²) in [5.41, 5.74) is 0.408. The fraction of sp³-hybridized carbons (Fsp3) is 1.00. The molecular formula is C15H33NO. The van der Waals surface area contributed by atoms with Crippen LogP contribution in [0.1, 0.15) is 65.7 Å². The molecule has 17 heavy (non-hydrogen) atoms. The zero-order valence-electron chi connectivity index (χ0n) is 12.6. The maximum absolute atomic E-state index is 9.84. The van der Waals surface area contributed by atoms with Crippen molar-refractivity contribution in [3.05, 3.63) is 0 Å². The smallest absolute Gasteiger partial charge is 0.0540 e. The molecule has 0 aromatic heterocycles. The minimum Gasteiger partial charge on any atom is -0.393 e. The van der Waals surface area contributed by atoms with Gasteiger partial charge in [0.25, 0.3) is 0 Å². The van der Waals surface area contributed by atoms with Gasteiger partial charge in [0, 0.05) is 0 Å². The zero-order valence-corrected chi connectivity index (χ0v) is 12.6. The molecule has 0 spiro atoms. The van der Waals surface area contributed by atoms with Crippen LogP contribution in [0.15, 0.2) is 0 Å². The molecule has 0 amide bonds. The quantitative estimate of drug-likeness (QED) is 0.624. The van der Waals surface area contributed by atoms with Gasteiger partial charge in [-0.1, -0.05) is 40.0 Å². The molecule has 0 fully saturated rings. The molecule has 0 aliphatic heterocycles. The molecule has 0 rings (SSSR count). The monoisotopic (exact) mass is 243 g/mol. The van der Waals surface area contributed by atoms with Gasteiger partial charge in [-0.25, -0.2) is 0 Å². The normalized spacial score (nSPS) is 14.3. The molecule has 0 bridgehead atoms. The average Bonchev–Trinajstić information content (AvgIpc) is 2.14. The van der Waals surface area contributed by atoms with Gasteiger partial charge in [-0.15, -0.1) is 0 Å². The lowest BCUT2D eigenvalue weighted by Gasteiger charge is -2.19. The Kier molecular flexibility index (Phi) is 8.89. The van der Waals surface area contributed by atoms with Crippen molar-refractivity contribution in [3.63, 3.8) is 0 Å².